The Balaban J connectivity index is 2.36. The lowest BCUT2D eigenvalue weighted by atomic mass is 10.0. The molecule has 1 aliphatic heterocycles. The number of nitrogens with zero attached hydrogens (tertiary/aromatic N) is 1. The van der Waals surface area contributed by atoms with Crippen molar-refractivity contribution >= 4 is 0 Å². The maximum absolute atomic E-state index is 5.55. The number of hydrogen-bond acceptors (Lipinski definition) is 2. The third-order valence-corrected chi connectivity index (χ3v) is 3.13. The topological polar surface area (TPSA) is 15.3 Å². The summed E-state index contributed by atoms with van der Waals surface area (Å²) in [5, 5.41) is 3.34. The van der Waals surface area contributed by atoms with Gasteiger partial charge in [-0.1, -0.05) is 19.3 Å². The summed E-state index contributed by atoms with van der Waals surface area (Å²) >= 11 is 0. The number of piperidine rings is 1. The van der Waals surface area contributed by atoms with E-state index in [2.05, 4.69) is 23.1 Å². The van der Waals surface area contributed by atoms with Gasteiger partial charge in [0.1, 0.15) is 0 Å². The molecule has 0 bridgehead atoms. The predicted molar refractivity (Wildman–Crippen MR) is 61.2 cm³/mol. The second-order valence-electron chi connectivity index (χ2n) is 4.07. The van der Waals surface area contributed by atoms with Gasteiger partial charge in [0.25, 0.3) is 0 Å². The molecular formula is C12H22N2. The lowest BCUT2D eigenvalue weighted by Gasteiger charge is -2.35. The molecule has 2 heteroatoms. The molecule has 0 aromatic carbocycles. The van der Waals surface area contributed by atoms with E-state index in [4.69, 9.17) is 6.42 Å². The SMILES string of the molecule is C#CC(CCC)N1CCC(NC)CC1. The van der Waals surface area contributed by atoms with Gasteiger partial charge in [-0.05, 0) is 26.3 Å². The summed E-state index contributed by atoms with van der Waals surface area (Å²) in [4.78, 5) is 2.46. The molecular weight excluding hydrogens is 172 g/mol. The Morgan fingerprint density at radius 2 is 2.14 bits per heavy atom. The Hall–Kier alpha value is -0.520. The standard InChI is InChI=1S/C12H22N2/c1-4-6-12(5-2)14-9-7-11(13-3)8-10-14/h2,11-13H,4,6-10H2,1,3H3. The van der Waals surface area contributed by atoms with E-state index in [0.29, 0.717) is 12.1 Å². The molecule has 1 rings (SSSR count). The molecule has 0 spiro atoms. The summed E-state index contributed by atoms with van der Waals surface area (Å²) in [6.07, 6.45) is 10.3. The molecule has 1 atom stereocenters. The first kappa shape index (κ1) is 11.6. The molecule has 1 fully saturated rings. The molecule has 0 radical (unpaired) electrons. The predicted octanol–water partition coefficient (Wildman–Crippen LogP) is 1.47. The van der Waals surface area contributed by atoms with Crippen LogP contribution in [0.3, 0.4) is 0 Å². The lowest BCUT2D eigenvalue weighted by Crippen LogP contribution is -2.45. The van der Waals surface area contributed by atoms with Crippen molar-refractivity contribution < 1.29 is 0 Å². The van der Waals surface area contributed by atoms with Gasteiger partial charge in [0.2, 0.25) is 0 Å². The van der Waals surface area contributed by atoms with Crippen LogP contribution in [0.5, 0.6) is 0 Å². The highest BCUT2D eigenvalue weighted by Gasteiger charge is 2.22. The fourth-order valence-corrected chi connectivity index (χ4v) is 2.14. The third kappa shape index (κ3) is 3.01. The minimum atomic E-state index is 0.373. The molecule has 2 nitrogen and oxygen atoms in total. The highest BCUT2D eigenvalue weighted by molar-refractivity contribution is 5.00. The Bertz CT molecular complexity index is 187. The smallest absolute Gasteiger partial charge is 0.0711 e. The van der Waals surface area contributed by atoms with Crippen molar-refractivity contribution in [3.05, 3.63) is 0 Å². The van der Waals surface area contributed by atoms with Crippen LogP contribution in [-0.2, 0) is 0 Å². The van der Waals surface area contributed by atoms with Crippen molar-refractivity contribution in [1.82, 2.24) is 10.2 Å². The van der Waals surface area contributed by atoms with Crippen LogP contribution >= 0.6 is 0 Å². The van der Waals surface area contributed by atoms with Gasteiger partial charge >= 0.3 is 0 Å². The molecule has 1 unspecified atom stereocenters. The zero-order valence-corrected chi connectivity index (χ0v) is 9.42. The van der Waals surface area contributed by atoms with Gasteiger partial charge in [-0.15, -0.1) is 6.42 Å². The summed E-state index contributed by atoms with van der Waals surface area (Å²) in [5.41, 5.74) is 0. The highest BCUT2D eigenvalue weighted by atomic mass is 15.2. The first-order valence-electron chi connectivity index (χ1n) is 5.69. The molecule has 80 valence electrons. The van der Waals surface area contributed by atoms with Crippen LogP contribution in [-0.4, -0.2) is 37.1 Å². The van der Waals surface area contributed by atoms with Crippen molar-refractivity contribution in [3.63, 3.8) is 0 Å². The fourth-order valence-electron chi connectivity index (χ4n) is 2.14. The van der Waals surface area contributed by atoms with Crippen molar-refractivity contribution in [2.24, 2.45) is 0 Å². The minimum absolute atomic E-state index is 0.373. The van der Waals surface area contributed by atoms with Gasteiger partial charge in [-0.2, -0.15) is 0 Å². The normalized spacial score (nSPS) is 21.8. The largest absolute Gasteiger partial charge is 0.317 e. The van der Waals surface area contributed by atoms with E-state index in [1.165, 1.54) is 19.3 Å². The number of likely N-dealkylation sites (tertiary alicyclic amines) is 1. The van der Waals surface area contributed by atoms with Crippen LogP contribution in [0.15, 0.2) is 0 Å². The van der Waals surface area contributed by atoms with Crippen LogP contribution in [0, 0.1) is 12.3 Å². The summed E-state index contributed by atoms with van der Waals surface area (Å²) in [7, 11) is 2.05. The van der Waals surface area contributed by atoms with Crippen LogP contribution in [0.1, 0.15) is 32.6 Å². The third-order valence-electron chi connectivity index (χ3n) is 3.13. The highest BCUT2D eigenvalue weighted by Crippen LogP contribution is 2.15. The fraction of sp³-hybridized carbons (Fsp3) is 0.833. The quantitative estimate of drug-likeness (QED) is 0.682. The van der Waals surface area contributed by atoms with Crippen LogP contribution in [0.2, 0.25) is 0 Å². The number of terminal acetylenes is 1. The average molecular weight is 194 g/mol. The maximum Gasteiger partial charge on any atom is 0.0711 e. The Morgan fingerprint density at radius 1 is 1.50 bits per heavy atom. The zero-order chi connectivity index (χ0) is 10.4. The van der Waals surface area contributed by atoms with Gasteiger partial charge in [-0.25, -0.2) is 0 Å². The summed E-state index contributed by atoms with van der Waals surface area (Å²) in [6, 6.07) is 1.07. The Morgan fingerprint density at radius 3 is 2.57 bits per heavy atom. The molecule has 0 aromatic rings. The second kappa shape index (κ2) is 6.06. The first-order valence-corrected chi connectivity index (χ1v) is 5.69. The number of nitrogens with one attached hydrogen (secondary N) is 1. The van der Waals surface area contributed by atoms with E-state index >= 15 is 0 Å². The van der Waals surface area contributed by atoms with E-state index in [1.54, 1.807) is 0 Å². The molecule has 14 heavy (non-hydrogen) atoms. The van der Waals surface area contributed by atoms with Crippen molar-refractivity contribution in [3.8, 4) is 12.3 Å². The molecule has 0 aromatic heterocycles. The summed E-state index contributed by atoms with van der Waals surface area (Å²) < 4.78 is 0. The van der Waals surface area contributed by atoms with Gasteiger partial charge in [0.15, 0.2) is 0 Å². The maximum atomic E-state index is 5.55. The molecule has 1 N–H and O–H groups in total. The van der Waals surface area contributed by atoms with Gasteiger partial charge in [-0.3, -0.25) is 4.90 Å². The van der Waals surface area contributed by atoms with E-state index < -0.39 is 0 Å². The monoisotopic (exact) mass is 194 g/mol. The number of hydrogen-bond donors (Lipinski definition) is 1. The molecule has 0 aliphatic carbocycles. The molecule has 1 heterocycles. The van der Waals surface area contributed by atoms with E-state index in [0.717, 1.165) is 19.5 Å². The molecule has 1 saturated heterocycles. The van der Waals surface area contributed by atoms with E-state index in [9.17, 15) is 0 Å². The molecule has 0 saturated carbocycles. The molecule has 1 aliphatic rings. The summed E-state index contributed by atoms with van der Waals surface area (Å²) in [6.45, 7) is 4.51. The average Bonchev–Trinajstić information content (AvgIpc) is 2.26. The van der Waals surface area contributed by atoms with Gasteiger partial charge in [0.05, 0.1) is 6.04 Å². The lowest BCUT2D eigenvalue weighted by molar-refractivity contribution is 0.168. The zero-order valence-electron chi connectivity index (χ0n) is 9.42. The van der Waals surface area contributed by atoms with Crippen molar-refractivity contribution in [2.45, 2.75) is 44.7 Å². The number of rotatable bonds is 4. The van der Waals surface area contributed by atoms with E-state index in [1.807, 2.05) is 7.05 Å². The minimum Gasteiger partial charge on any atom is -0.317 e. The van der Waals surface area contributed by atoms with Crippen molar-refractivity contribution in [2.75, 3.05) is 20.1 Å². The Labute approximate surface area is 88.1 Å². The van der Waals surface area contributed by atoms with Gasteiger partial charge in [0, 0.05) is 19.1 Å². The van der Waals surface area contributed by atoms with Crippen molar-refractivity contribution in [1.29, 1.82) is 0 Å². The van der Waals surface area contributed by atoms with Crippen LogP contribution < -0.4 is 5.32 Å². The van der Waals surface area contributed by atoms with Gasteiger partial charge < -0.3 is 5.32 Å². The Kier molecular flexibility index (Phi) is 5.00. The second-order valence-corrected chi connectivity index (χ2v) is 4.07. The van der Waals surface area contributed by atoms with E-state index in [-0.39, 0.29) is 0 Å². The van der Waals surface area contributed by atoms with Crippen LogP contribution in [0.25, 0.3) is 0 Å². The van der Waals surface area contributed by atoms with Crippen LogP contribution in [0.4, 0.5) is 0 Å². The summed E-state index contributed by atoms with van der Waals surface area (Å²) in [5.74, 6) is 2.91. The first-order chi connectivity index (χ1) is 6.81. The molecule has 0 amide bonds.